The first-order valence-electron chi connectivity index (χ1n) is 4.39. The van der Waals surface area contributed by atoms with E-state index in [-0.39, 0.29) is 18.1 Å². The fourth-order valence-electron chi connectivity index (χ4n) is 1.02. The number of hydrogen-bond donors (Lipinski definition) is 0. The van der Waals surface area contributed by atoms with E-state index < -0.39 is 0 Å². The van der Waals surface area contributed by atoms with Gasteiger partial charge in [0.05, 0.1) is 6.42 Å². The Morgan fingerprint density at radius 2 is 1.71 bits per heavy atom. The maximum atomic E-state index is 11.5. The molecule has 14 heavy (non-hydrogen) atoms. The number of rotatable bonds is 3. The molecule has 0 bridgehead atoms. The third kappa shape index (κ3) is 2.69. The Hall–Kier alpha value is -1.64. The third-order valence-electron chi connectivity index (χ3n) is 1.91. The highest BCUT2D eigenvalue weighted by Crippen LogP contribution is 2.03. The highest BCUT2D eigenvalue weighted by Gasteiger charge is 2.12. The quantitative estimate of drug-likeness (QED) is 0.534. The second kappa shape index (κ2) is 4.56. The molecule has 0 heterocycles. The van der Waals surface area contributed by atoms with Crippen molar-refractivity contribution in [3.63, 3.8) is 0 Å². The number of amides is 1. The summed E-state index contributed by atoms with van der Waals surface area (Å²) in [5, 5.41) is 0. The monoisotopic (exact) mass is 191 g/mol. The highest BCUT2D eigenvalue weighted by atomic mass is 16.2. The number of nitrogens with zero attached hydrogens (tertiary/aromatic N) is 1. The second-order valence-corrected chi connectivity index (χ2v) is 3.25. The lowest BCUT2D eigenvalue weighted by Crippen LogP contribution is -2.24. The van der Waals surface area contributed by atoms with Crippen LogP contribution >= 0.6 is 0 Å². The van der Waals surface area contributed by atoms with Gasteiger partial charge in [-0.15, -0.1) is 0 Å². The van der Waals surface area contributed by atoms with E-state index in [0.29, 0.717) is 5.56 Å². The van der Waals surface area contributed by atoms with Crippen LogP contribution in [0.2, 0.25) is 0 Å². The fraction of sp³-hybridized carbons (Fsp3) is 0.273. The van der Waals surface area contributed by atoms with Crippen molar-refractivity contribution < 1.29 is 9.59 Å². The molecule has 1 amide bonds. The number of Topliss-reactive ketones (excluding diaryl/α,β-unsaturated/α-hetero) is 1. The molecule has 0 aliphatic heterocycles. The molecule has 0 unspecified atom stereocenters. The molecule has 0 aliphatic carbocycles. The van der Waals surface area contributed by atoms with Crippen LogP contribution in [0.3, 0.4) is 0 Å². The Morgan fingerprint density at radius 3 is 2.21 bits per heavy atom. The summed E-state index contributed by atoms with van der Waals surface area (Å²) in [5.41, 5.74) is 0.586. The molecule has 0 saturated carbocycles. The zero-order chi connectivity index (χ0) is 10.6. The van der Waals surface area contributed by atoms with Crippen molar-refractivity contribution >= 4 is 11.7 Å². The predicted octanol–water partition coefficient (Wildman–Crippen LogP) is 1.35. The first-order chi connectivity index (χ1) is 6.61. The molecule has 3 nitrogen and oxygen atoms in total. The van der Waals surface area contributed by atoms with Gasteiger partial charge in [-0.05, 0) is 0 Å². The van der Waals surface area contributed by atoms with Crippen molar-refractivity contribution in [1.29, 1.82) is 0 Å². The molecule has 0 aromatic heterocycles. The van der Waals surface area contributed by atoms with Crippen molar-refractivity contribution in [2.24, 2.45) is 0 Å². The van der Waals surface area contributed by atoms with Crippen molar-refractivity contribution in [2.45, 2.75) is 6.42 Å². The van der Waals surface area contributed by atoms with E-state index >= 15 is 0 Å². The molecule has 0 radical (unpaired) electrons. The maximum Gasteiger partial charge on any atom is 0.229 e. The van der Waals surface area contributed by atoms with Gasteiger partial charge in [0.25, 0.3) is 0 Å². The largest absolute Gasteiger partial charge is 0.348 e. The molecule has 1 aromatic rings. The predicted molar refractivity (Wildman–Crippen MR) is 54.1 cm³/mol. The van der Waals surface area contributed by atoms with E-state index in [1.165, 1.54) is 4.90 Å². The molecule has 0 spiro atoms. The Kier molecular flexibility index (Phi) is 3.40. The minimum atomic E-state index is -0.168. The van der Waals surface area contributed by atoms with E-state index in [1.54, 1.807) is 38.4 Å². The summed E-state index contributed by atoms with van der Waals surface area (Å²) in [7, 11) is 3.28. The summed E-state index contributed by atoms with van der Waals surface area (Å²) in [5.74, 6) is -0.303. The molecule has 0 N–H and O–H groups in total. The van der Waals surface area contributed by atoms with E-state index in [1.807, 2.05) is 6.07 Å². The van der Waals surface area contributed by atoms with Crippen LogP contribution in [-0.4, -0.2) is 30.7 Å². The first-order valence-corrected chi connectivity index (χ1v) is 4.39. The van der Waals surface area contributed by atoms with Crippen molar-refractivity contribution in [2.75, 3.05) is 14.1 Å². The molecule has 74 valence electrons. The van der Waals surface area contributed by atoms with E-state index in [4.69, 9.17) is 0 Å². The van der Waals surface area contributed by atoms with Gasteiger partial charge in [-0.1, -0.05) is 30.3 Å². The van der Waals surface area contributed by atoms with Crippen LogP contribution in [0.5, 0.6) is 0 Å². The Balaban J connectivity index is 2.65. The lowest BCUT2D eigenvalue weighted by molar-refractivity contribution is -0.127. The topological polar surface area (TPSA) is 37.4 Å². The SMILES string of the molecule is CN(C)C(=O)CC(=O)c1ccccc1. The average Bonchev–Trinajstić information content (AvgIpc) is 2.19. The van der Waals surface area contributed by atoms with Crippen LogP contribution in [0, 0.1) is 0 Å². The standard InChI is InChI=1S/C11H13NO2/c1-12(2)11(14)8-10(13)9-6-4-3-5-7-9/h3-7H,8H2,1-2H3. The van der Waals surface area contributed by atoms with Gasteiger partial charge in [-0.3, -0.25) is 9.59 Å². The number of hydrogen-bond acceptors (Lipinski definition) is 2. The fourth-order valence-corrected chi connectivity index (χ4v) is 1.02. The van der Waals surface area contributed by atoms with Crippen LogP contribution < -0.4 is 0 Å². The maximum absolute atomic E-state index is 11.5. The van der Waals surface area contributed by atoms with Gasteiger partial charge in [0.1, 0.15) is 0 Å². The summed E-state index contributed by atoms with van der Waals surface area (Å²) in [6.07, 6.45) is -0.0585. The Labute approximate surface area is 83.3 Å². The van der Waals surface area contributed by atoms with Crippen LogP contribution in [0.1, 0.15) is 16.8 Å². The lowest BCUT2D eigenvalue weighted by Gasteiger charge is -2.08. The number of carbonyl (C=O) groups excluding carboxylic acids is 2. The molecular formula is C11H13NO2. The third-order valence-corrected chi connectivity index (χ3v) is 1.91. The van der Waals surface area contributed by atoms with Gasteiger partial charge < -0.3 is 4.90 Å². The smallest absolute Gasteiger partial charge is 0.229 e. The van der Waals surface area contributed by atoms with Gasteiger partial charge in [0.2, 0.25) is 5.91 Å². The van der Waals surface area contributed by atoms with Gasteiger partial charge in [-0.2, -0.15) is 0 Å². The van der Waals surface area contributed by atoms with Crippen LogP contribution in [-0.2, 0) is 4.79 Å². The van der Waals surface area contributed by atoms with Gasteiger partial charge in [0.15, 0.2) is 5.78 Å². The van der Waals surface area contributed by atoms with Crippen molar-refractivity contribution in [3.05, 3.63) is 35.9 Å². The first kappa shape index (κ1) is 10.4. The normalized spacial score (nSPS) is 9.57. The molecular weight excluding hydrogens is 178 g/mol. The summed E-state index contributed by atoms with van der Waals surface area (Å²) in [6.45, 7) is 0. The number of ketones is 1. The molecule has 3 heteroatoms. The number of benzene rings is 1. The molecule has 1 aromatic carbocycles. The second-order valence-electron chi connectivity index (χ2n) is 3.25. The van der Waals surface area contributed by atoms with E-state index in [0.717, 1.165) is 0 Å². The molecule has 0 aliphatic rings. The van der Waals surface area contributed by atoms with Crippen LogP contribution in [0.15, 0.2) is 30.3 Å². The Morgan fingerprint density at radius 1 is 1.14 bits per heavy atom. The highest BCUT2D eigenvalue weighted by molar-refractivity contribution is 6.07. The summed E-state index contributed by atoms with van der Waals surface area (Å²) in [6, 6.07) is 8.84. The Bertz CT molecular complexity index is 330. The van der Waals surface area contributed by atoms with E-state index in [2.05, 4.69) is 0 Å². The number of carbonyl (C=O) groups is 2. The zero-order valence-electron chi connectivity index (χ0n) is 8.36. The van der Waals surface area contributed by atoms with Crippen LogP contribution in [0.4, 0.5) is 0 Å². The minimum absolute atomic E-state index is 0.0585. The van der Waals surface area contributed by atoms with E-state index in [9.17, 15) is 9.59 Å². The van der Waals surface area contributed by atoms with Gasteiger partial charge in [-0.25, -0.2) is 0 Å². The molecule has 0 saturated heterocycles. The molecule has 1 rings (SSSR count). The summed E-state index contributed by atoms with van der Waals surface area (Å²) >= 11 is 0. The lowest BCUT2D eigenvalue weighted by atomic mass is 10.1. The zero-order valence-corrected chi connectivity index (χ0v) is 8.36. The molecule has 0 fully saturated rings. The van der Waals surface area contributed by atoms with Crippen molar-refractivity contribution in [3.8, 4) is 0 Å². The van der Waals surface area contributed by atoms with Gasteiger partial charge >= 0.3 is 0 Å². The molecule has 0 atom stereocenters. The summed E-state index contributed by atoms with van der Waals surface area (Å²) in [4.78, 5) is 24.2. The van der Waals surface area contributed by atoms with Gasteiger partial charge in [0, 0.05) is 19.7 Å². The van der Waals surface area contributed by atoms with Crippen LogP contribution in [0.25, 0.3) is 0 Å². The summed E-state index contributed by atoms with van der Waals surface area (Å²) < 4.78 is 0. The minimum Gasteiger partial charge on any atom is -0.348 e. The average molecular weight is 191 g/mol. The van der Waals surface area contributed by atoms with Crippen molar-refractivity contribution in [1.82, 2.24) is 4.90 Å².